The molecule has 2 aliphatic rings. The third-order valence-corrected chi connectivity index (χ3v) is 11.1. The Morgan fingerprint density at radius 3 is 1.56 bits per heavy atom. The fraction of sp³-hybridized carbons (Fsp3) is 0.256. The first-order chi connectivity index (χ1) is 26.2. The highest BCUT2D eigenvalue weighted by Gasteiger charge is 2.49. The summed E-state index contributed by atoms with van der Waals surface area (Å²) in [6.45, 7) is 0.632. The Labute approximate surface area is 324 Å². The third-order valence-electron chi connectivity index (χ3n) is 8.86. The maximum absolute atomic E-state index is 14.9. The molecule has 2 heterocycles. The van der Waals surface area contributed by atoms with E-state index in [1.54, 1.807) is 89.8 Å². The van der Waals surface area contributed by atoms with Crippen molar-refractivity contribution in [1.29, 1.82) is 0 Å². The largest absolute Gasteiger partial charge is 0.453 e. The number of benzene rings is 4. The van der Waals surface area contributed by atoms with Gasteiger partial charge in [-0.1, -0.05) is 36.4 Å². The van der Waals surface area contributed by atoms with Gasteiger partial charge in [0.15, 0.2) is 5.78 Å². The van der Waals surface area contributed by atoms with Gasteiger partial charge in [-0.05, 0) is 105 Å². The molecule has 2 fully saturated rings. The average molecular weight is 789 g/mol. The van der Waals surface area contributed by atoms with E-state index in [9.17, 15) is 28.5 Å². The Kier molecular flexibility index (Phi) is 14.0. The van der Waals surface area contributed by atoms with Crippen molar-refractivity contribution in [2.45, 2.75) is 37.5 Å². The molecule has 6 rings (SSSR count). The number of rotatable bonds is 14. The van der Waals surface area contributed by atoms with Gasteiger partial charge in [0.1, 0.15) is 11.5 Å². The van der Waals surface area contributed by atoms with Crippen molar-refractivity contribution in [3.8, 4) is 11.5 Å². The molecule has 2 aliphatic heterocycles. The number of amides is 5. The average Bonchev–Trinajstić information content (AvgIpc) is 3.92. The van der Waals surface area contributed by atoms with Crippen molar-refractivity contribution < 1.29 is 37.6 Å². The molecule has 2 saturated heterocycles. The minimum absolute atomic E-state index is 0. The van der Waals surface area contributed by atoms with Gasteiger partial charge in [-0.3, -0.25) is 24.0 Å². The summed E-state index contributed by atoms with van der Waals surface area (Å²) < 4.78 is 27.2. The Morgan fingerprint density at radius 2 is 1.13 bits per heavy atom. The number of carbonyl (C=O) groups is 5. The number of anilines is 2. The maximum atomic E-state index is 14.9. The summed E-state index contributed by atoms with van der Waals surface area (Å²) in [5.41, 5.74) is 1.70. The Hall–Kier alpha value is -5.69. The molecule has 2 unspecified atom stereocenters. The van der Waals surface area contributed by atoms with Gasteiger partial charge >= 0.3 is 7.60 Å². The zero-order valence-corrected chi connectivity index (χ0v) is 31.5. The molecule has 4 aromatic rings. The molecule has 288 valence electrons. The molecule has 5 amide bonds. The smallest absolute Gasteiger partial charge is 0.415 e. The fourth-order valence-electron chi connectivity index (χ4n) is 6.18. The van der Waals surface area contributed by atoms with Crippen LogP contribution in [-0.4, -0.2) is 72.4 Å². The van der Waals surface area contributed by atoms with Crippen molar-refractivity contribution in [3.05, 3.63) is 120 Å². The zero-order chi connectivity index (χ0) is 37.9. The highest BCUT2D eigenvalue weighted by Crippen LogP contribution is 2.57. The molecule has 0 bridgehead atoms. The highest BCUT2D eigenvalue weighted by atomic mass is 35.5. The highest BCUT2D eigenvalue weighted by molar-refractivity contribution is 7.55. The molecule has 0 saturated carbocycles. The van der Waals surface area contributed by atoms with Crippen LogP contribution in [-0.2, 0) is 18.9 Å². The lowest BCUT2D eigenvalue weighted by Crippen LogP contribution is -2.46. The summed E-state index contributed by atoms with van der Waals surface area (Å²) in [4.78, 5) is 64.8. The van der Waals surface area contributed by atoms with Crippen LogP contribution in [0.3, 0.4) is 0 Å². The summed E-state index contributed by atoms with van der Waals surface area (Å²) in [6.07, 6.45) is 2.54. The first kappa shape index (κ1) is 40.5. The van der Waals surface area contributed by atoms with Crippen LogP contribution in [0.5, 0.6) is 11.5 Å². The summed E-state index contributed by atoms with van der Waals surface area (Å²) in [5, 5.41) is 13.8. The van der Waals surface area contributed by atoms with Crippen LogP contribution >= 0.6 is 20.0 Å². The van der Waals surface area contributed by atoms with E-state index in [-0.39, 0.29) is 60.8 Å². The van der Waals surface area contributed by atoms with Gasteiger partial charge in [-0.2, -0.15) is 0 Å². The number of carbonyl (C=O) groups excluding carboxylic acids is 5. The van der Waals surface area contributed by atoms with Gasteiger partial charge in [0.25, 0.3) is 11.8 Å². The van der Waals surface area contributed by atoms with Crippen LogP contribution in [0.2, 0.25) is 0 Å². The Bertz CT molecular complexity index is 1880. The summed E-state index contributed by atoms with van der Waals surface area (Å²) in [7, 11) is -4.14. The molecule has 0 spiro atoms. The normalized spacial score (nSPS) is 16.3. The minimum Gasteiger partial charge on any atom is -0.415 e. The molecule has 0 aromatic heterocycles. The lowest BCUT2D eigenvalue weighted by atomic mass is 10.2. The maximum Gasteiger partial charge on any atom is 0.453 e. The van der Waals surface area contributed by atoms with E-state index >= 15 is 0 Å². The van der Waals surface area contributed by atoms with Crippen LogP contribution in [0.25, 0.3) is 0 Å². The van der Waals surface area contributed by atoms with Crippen LogP contribution in [0.4, 0.5) is 11.4 Å². The fourth-order valence-corrected chi connectivity index (χ4v) is 8.36. The number of likely N-dealkylation sites (tertiary alicyclic amines) is 1. The number of hydrogen-bond donors (Lipinski definition) is 5. The van der Waals surface area contributed by atoms with Crippen molar-refractivity contribution in [2.75, 3.05) is 36.8 Å². The van der Waals surface area contributed by atoms with E-state index in [4.69, 9.17) is 9.05 Å². The van der Waals surface area contributed by atoms with Crippen LogP contribution < -0.4 is 35.6 Å². The van der Waals surface area contributed by atoms with Crippen LogP contribution in [0, 0.1) is 0 Å². The van der Waals surface area contributed by atoms with Gasteiger partial charge in [-0.25, -0.2) is 4.57 Å². The first-order valence-corrected chi connectivity index (χ1v) is 19.3. The van der Waals surface area contributed by atoms with E-state index in [1.807, 2.05) is 0 Å². The molecule has 0 aliphatic carbocycles. The monoisotopic (exact) mass is 788 g/mol. The Morgan fingerprint density at radius 1 is 0.655 bits per heavy atom. The number of nitrogens with one attached hydrogen (secondary N) is 5. The first-order valence-electron chi connectivity index (χ1n) is 17.7. The van der Waals surface area contributed by atoms with E-state index in [1.165, 1.54) is 24.3 Å². The van der Waals surface area contributed by atoms with Crippen molar-refractivity contribution >= 4 is 60.9 Å². The summed E-state index contributed by atoms with van der Waals surface area (Å²) >= 11 is 0. The van der Waals surface area contributed by atoms with E-state index < -0.39 is 25.2 Å². The second-order valence-electron chi connectivity index (χ2n) is 12.8. The second-order valence-corrected chi connectivity index (χ2v) is 14.8. The number of halogens is 1. The van der Waals surface area contributed by atoms with Gasteiger partial charge in [0.05, 0.1) is 19.1 Å². The predicted octanol–water partition coefficient (Wildman–Crippen LogP) is 5.20. The van der Waals surface area contributed by atoms with Gasteiger partial charge in [0, 0.05) is 29.0 Å². The minimum atomic E-state index is -4.14. The van der Waals surface area contributed by atoms with Gasteiger partial charge < -0.3 is 40.5 Å². The third kappa shape index (κ3) is 10.9. The predicted molar refractivity (Wildman–Crippen MR) is 210 cm³/mol. The topological polar surface area (TPSA) is 184 Å². The standard InChI is InChI=1S/C39H41N6O8P.ClH/c46-34(25-41-37(48)27-9-3-1-4-10-27)43-29-15-19-31(20-16-29)52-54(51,36-14-8-24-45(36)39(50)33-13-7-23-40-33)53-32-21-17-30(18-22-32)44-35(47)26-42-38(49)28-11-5-2-6-12-28;/h1-6,9-12,15-22,33,36,40H,7-8,13-14,23-26H2,(H,41,48)(H,42,49)(H,43,46)(H,44,47);1H. The van der Waals surface area contributed by atoms with Crippen LogP contribution in [0.15, 0.2) is 109 Å². The SMILES string of the molecule is Cl.O=C(CNC(=O)c1ccccc1)Nc1ccc(OP(=O)(Oc2ccc(NC(=O)CNC(=O)c3ccccc3)cc2)C2CCCN2C(=O)C2CCCN2)cc1. The molecule has 2 atom stereocenters. The van der Waals surface area contributed by atoms with Crippen molar-refractivity contribution in [2.24, 2.45) is 0 Å². The molecular formula is C39H42ClN6O8P. The van der Waals surface area contributed by atoms with Gasteiger partial charge in [0.2, 0.25) is 17.7 Å². The van der Waals surface area contributed by atoms with Gasteiger partial charge in [-0.15, -0.1) is 12.4 Å². The quantitative estimate of drug-likeness (QED) is 0.107. The lowest BCUT2D eigenvalue weighted by molar-refractivity contribution is -0.132. The number of hydrogen-bond acceptors (Lipinski definition) is 9. The van der Waals surface area contributed by atoms with E-state index in [0.717, 1.165) is 13.0 Å². The molecule has 16 heteroatoms. The second kappa shape index (κ2) is 19.1. The van der Waals surface area contributed by atoms with Crippen molar-refractivity contribution in [3.63, 3.8) is 0 Å². The van der Waals surface area contributed by atoms with Crippen LogP contribution in [0.1, 0.15) is 46.4 Å². The summed E-state index contributed by atoms with van der Waals surface area (Å²) in [6, 6.07) is 29.1. The molecule has 14 nitrogen and oxygen atoms in total. The molecule has 4 aromatic carbocycles. The summed E-state index contributed by atoms with van der Waals surface area (Å²) in [5.74, 6) is -2.29. The molecular weight excluding hydrogens is 747 g/mol. The van der Waals surface area contributed by atoms with Crippen molar-refractivity contribution in [1.82, 2.24) is 20.9 Å². The molecule has 5 N–H and O–H groups in total. The lowest BCUT2D eigenvalue weighted by Gasteiger charge is -2.32. The molecule has 0 radical (unpaired) electrons. The molecule has 55 heavy (non-hydrogen) atoms. The van der Waals surface area contributed by atoms with E-state index in [2.05, 4.69) is 26.6 Å². The Balaban J connectivity index is 0.00000580. The van der Waals surface area contributed by atoms with E-state index in [0.29, 0.717) is 48.3 Å². The zero-order valence-electron chi connectivity index (χ0n) is 29.8. The number of nitrogens with zero attached hydrogens (tertiary/aromatic N) is 1.